The summed E-state index contributed by atoms with van der Waals surface area (Å²) in [4.78, 5) is 0. The van der Waals surface area contributed by atoms with Gasteiger partial charge in [-0.2, -0.15) is 11.8 Å². The zero-order valence-electron chi connectivity index (χ0n) is 8.75. The van der Waals surface area contributed by atoms with Crippen LogP contribution in [0.2, 0.25) is 0 Å². The first-order valence-corrected chi connectivity index (χ1v) is 6.28. The minimum atomic E-state index is 0.498. The molecule has 0 fully saturated rings. The van der Waals surface area contributed by atoms with Gasteiger partial charge in [-0.1, -0.05) is 12.2 Å². The van der Waals surface area contributed by atoms with Crippen LogP contribution in [0.25, 0.3) is 0 Å². The van der Waals surface area contributed by atoms with Gasteiger partial charge in [-0.05, 0) is 38.3 Å². The summed E-state index contributed by atoms with van der Waals surface area (Å²) in [6, 6.07) is 0.498. The van der Waals surface area contributed by atoms with Crippen molar-refractivity contribution < 1.29 is 0 Å². The van der Waals surface area contributed by atoms with Crippen molar-refractivity contribution in [2.75, 3.05) is 25.1 Å². The van der Waals surface area contributed by atoms with E-state index in [9.17, 15) is 0 Å². The van der Waals surface area contributed by atoms with Crippen molar-refractivity contribution in [2.45, 2.75) is 25.8 Å². The van der Waals surface area contributed by atoms with E-state index in [1.165, 1.54) is 12.2 Å². The highest BCUT2D eigenvalue weighted by atomic mass is 32.2. The number of rotatable bonds is 8. The first kappa shape index (κ1) is 13.0. The lowest BCUT2D eigenvalue weighted by molar-refractivity contribution is 0.514. The van der Waals surface area contributed by atoms with Crippen LogP contribution >= 0.6 is 11.8 Å². The summed E-state index contributed by atoms with van der Waals surface area (Å²) in [5.74, 6) is 1.19. The van der Waals surface area contributed by atoms with Crippen molar-refractivity contribution in [3.63, 3.8) is 0 Å². The molecule has 0 aliphatic rings. The molecule has 0 amide bonds. The quantitative estimate of drug-likeness (QED) is 0.464. The lowest BCUT2D eigenvalue weighted by Crippen LogP contribution is -2.36. The summed E-state index contributed by atoms with van der Waals surface area (Å²) in [5, 5.41) is 3.45. The Morgan fingerprint density at radius 1 is 1.54 bits per heavy atom. The average molecular weight is 202 g/mol. The van der Waals surface area contributed by atoms with Crippen LogP contribution < -0.4 is 11.1 Å². The molecule has 0 radical (unpaired) electrons. The van der Waals surface area contributed by atoms with Gasteiger partial charge in [0, 0.05) is 12.6 Å². The number of hydrogen-bond acceptors (Lipinski definition) is 3. The average Bonchev–Trinajstić information content (AvgIpc) is 2.17. The molecule has 0 rings (SSSR count). The molecule has 0 saturated heterocycles. The predicted molar refractivity (Wildman–Crippen MR) is 63.3 cm³/mol. The Morgan fingerprint density at radius 3 is 2.85 bits per heavy atom. The zero-order valence-corrected chi connectivity index (χ0v) is 9.57. The molecule has 13 heavy (non-hydrogen) atoms. The molecule has 0 aliphatic carbocycles. The summed E-state index contributed by atoms with van der Waals surface area (Å²) in [7, 11) is 0. The van der Waals surface area contributed by atoms with Crippen LogP contribution in [0.4, 0.5) is 0 Å². The molecular weight excluding hydrogens is 180 g/mol. The molecular formula is C10H22N2S. The third-order valence-electron chi connectivity index (χ3n) is 1.93. The monoisotopic (exact) mass is 202 g/mol. The molecule has 0 aromatic carbocycles. The van der Waals surface area contributed by atoms with E-state index in [1.807, 2.05) is 18.7 Å². The summed E-state index contributed by atoms with van der Waals surface area (Å²) in [6.07, 6.45) is 8.67. The van der Waals surface area contributed by atoms with Gasteiger partial charge in [0.25, 0.3) is 0 Å². The predicted octanol–water partition coefficient (Wildman–Crippen LogP) is 1.62. The van der Waals surface area contributed by atoms with Crippen molar-refractivity contribution in [1.29, 1.82) is 0 Å². The van der Waals surface area contributed by atoms with Crippen molar-refractivity contribution in [2.24, 2.45) is 5.73 Å². The third-order valence-corrected chi connectivity index (χ3v) is 2.58. The Labute approximate surface area is 86.3 Å². The van der Waals surface area contributed by atoms with E-state index in [4.69, 9.17) is 5.73 Å². The lowest BCUT2D eigenvalue weighted by Gasteiger charge is -2.15. The Morgan fingerprint density at radius 2 is 2.31 bits per heavy atom. The Balaban J connectivity index is 3.36. The molecule has 0 aliphatic heterocycles. The maximum atomic E-state index is 5.64. The zero-order chi connectivity index (χ0) is 9.94. The molecule has 0 spiro atoms. The number of nitrogens with one attached hydrogen (secondary N) is 1. The van der Waals surface area contributed by atoms with Crippen LogP contribution in [0.1, 0.15) is 19.8 Å². The van der Waals surface area contributed by atoms with Crippen molar-refractivity contribution in [1.82, 2.24) is 5.32 Å². The van der Waals surface area contributed by atoms with Crippen LogP contribution in [0, 0.1) is 0 Å². The van der Waals surface area contributed by atoms with Crippen LogP contribution in [0.3, 0.4) is 0 Å². The van der Waals surface area contributed by atoms with E-state index in [-0.39, 0.29) is 0 Å². The number of hydrogen-bond donors (Lipinski definition) is 2. The minimum absolute atomic E-state index is 0.498. The van der Waals surface area contributed by atoms with Gasteiger partial charge >= 0.3 is 0 Å². The highest BCUT2D eigenvalue weighted by Gasteiger charge is 2.03. The molecule has 78 valence electrons. The van der Waals surface area contributed by atoms with E-state index in [0.717, 1.165) is 19.5 Å². The van der Waals surface area contributed by atoms with Gasteiger partial charge in [0.2, 0.25) is 0 Å². The highest BCUT2D eigenvalue weighted by Crippen LogP contribution is 1.99. The van der Waals surface area contributed by atoms with Crippen molar-refractivity contribution >= 4 is 11.8 Å². The van der Waals surface area contributed by atoms with E-state index >= 15 is 0 Å². The summed E-state index contributed by atoms with van der Waals surface area (Å²) in [5.41, 5.74) is 5.64. The normalized spacial score (nSPS) is 13.8. The Kier molecular flexibility index (Phi) is 10.1. The third kappa shape index (κ3) is 8.34. The highest BCUT2D eigenvalue weighted by molar-refractivity contribution is 7.98. The van der Waals surface area contributed by atoms with Crippen LogP contribution in [0.15, 0.2) is 12.2 Å². The fourth-order valence-electron chi connectivity index (χ4n) is 1.10. The summed E-state index contributed by atoms with van der Waals surface area (Å²) >= 11 is 1.88. The minimum Gasteiger partial charge on any atom is -0.329 e. The number of thioether (sulfide) groups is 1. The first-order chi connectivity index (χ1) is 6.35. The molecule has 2 nitrogen and oxygen atoms in total. The van der Waals surface area contributed by atoms with E-state index < -0.39 is 0 Å². The van der Waals surface area contributed by atoms with Gasteiger partial charge in [-0.3, -0.25) is 0 Å². The lowest BCUT2D eigenvalue weighted by atomic mass is 10.2. The van der Waals surface area contributed by atoms with Gasteiger partial charge in [0.05, 0.1) is 0 Å². The maximum Gasteiger partial charge on any atom is 0.0198 e. The topological polar surface area (TPSA) is 38.0 Å². The SMILES string of the molecule is C/C=C/CCNC(CN)CCSC. The molecule has 3 heteroatoms. The molecule has 0 heterocycles. The Bertz CT molecular complexity index is 126. The van der Waals surface area contributed by atoms with Gasteiger partial charge in [-0.15, -0.1) is 0 Å². The van der Waals surface area contributed by atoms with Crippen LogP contribution in [0.5, 0.6) is 0 Å². The van der Waals surface area contributed by atoms with E-state index in [0.29, 0.717) is 6.04 Å². The summed E-state index contributed by atoms with van der Waals surface area (Å²) < 4.78 is 0. The molecule has 1 atom stereocenters. The first-order valence-electron chi connectivity index (χ1n) is 4.88. The molecule has 1 unspecified atom stereocenters. The van der Waals surface area contributed by atoms with Gasteiger partial charge in [-0.25, -0.2) is 0 Å². The van der Waals surface area contributed by atoms with Crippen molar-refractivity contribution in [3.05, 3.63) is 12.2 Å². The van der Waals surface area contributed by atoms with E-state index in [1.54, 1.807) is 0 Å². The maximum absolute atomic E-state index is 5.64. The summed E-state index contributed by atoms with van der Waals surface area (Å²) in [6.45, 7) is 3.84. The smallest absolute Gasteiger partial charge is 0.0198 e. The molecule has 0 aromatic heterocycles. The fraction of sp³-hybridized carbons (Fsp3) is 0.800. The molecule has 0 saturated carbocycles. The van der Waals surface area contributed by atoms with E-state index in [2.05, 4.69) is 23.7 Å². The van der Waals surface area contributed by atoms with Gasteiger partial charge < -0.3 is 11.1 Å². The second kappa shape index (κ2) is 10.1. The fourth-order valence-corrected chi connectivity index (χ4v) is 1.62. The standard InChI is InChI=1S/C10H22N2S/c1-3-4-5-7-12-10(9-11)6-8-13-2/h3-4,10,12H,5-9,11H2,1-2H3/b4-3+. The molecule has 0 aromatic rings. The van der Waals surface area contributed by atoms with Crippen LogP contribution in [-0.2, 0) is 0 Å². The Hall–Kier alpha value is 0.0100. The second-order valence-corrected chi connectivity index (χ2v) is 4.01. The number of allylic oxidation sites excluding steroid dienone is 1. The van der Waals surface area contributed by atoms with Gasteiger partial charge in [0.15, 0.2) is 0 Å². The molecule has 0 bridgehead atoms. The largest absolute Gasteiger partial charge is 0.329 e. The van der Waals surface area contributed by atoms with Crippen LogP contribution in [-0.4, -0.2) is 31.1 Å². The second-order valence-electron chi connectivity index (χ2n) is 3.03. The van der Waals surface area contributed by atoms with Gasteiger partial charge in [0.1, 0.15) is 0 Å². The molecule has 3 N–H and O–H groups in total. The van der Waals surface area contributed by atoms with Crippen molar-refractivity contribution in [3.8, 4) is 0 Å². The number of nitrogens with two attached hydrogens (primary N) is 1.